The standard InChI is InChI=1S/C15H13F3N2O2/c1-8(14(21)9-2-3-11(16)12(17)6-9)20-15(22)10-4-5-19-13(18)7-10/h2-8,14,21H,1H3,(H,20,22). The van der Waals surface area contributed by atoms with Gasteiger partial charge in [0.05, 0.1) is 12.1 Å². The van der Waals surface area contributed by atoms with Gasteiger partial charge in [0.15, 0.2) is 11.6 Å². The lowest BCUT2D eigenvalue weighted by molar-refractivity contribution is 0.0851. The molecule has 1 heterocycles. The average Bonchev–Trinajstić information content (AvgIpc) is 2.49. The van der Waals surface area contributed by atoms with Gasteiger partial charge < -0.3 is 10.4 Å². The monoisotopic (exact) mass is 310 g/mol. The third kappa shape index (κ3) is 3.62. The van der Waals surface area contributed by atoms with Crippen molar-refractivity contribution in [3.05, 3.63) is 65.2 Å². The third-order valence-electron chi connectivity index (χ3n) is 3.11. The Morgan fingerprint density at radius 1 is 1.18 bits per heavy atom. The second-order valence-corrected chi connectivity index (χ2v) is 4.75. The first kappa shape index (κ1) is 16.0. The van der Waals surface area contributed by atoms with E-state index in [2.05, 4.69) is 10.3 Å². The minimum Gasteiger partial charge on any atom is -0.386 e. The smallest absolute Gasteiger partial charge is 0.251 e. The molecule has 0 spiro atoms. The number of benzene rings is 1. The Labute approximate surface area is 124 Å². The third-order valence-corrected chi connectivity index (χ3v) is 3.11. The highest BCUT2D eigenvalue weighted by Crippen LogP contribution is 2.19. The van der Waals surface area contributed by atoms with E-state index in [0.29, 0.717) is 0 Å². The first-order valence-corrected chi connectivity index (χ1v) is 6.44. The Morgan fingerprint density at radius 2 is 1.91 bits per heavy atom. The summed E-state index contributed by atoms with van der Waals surface area (Å²) < 4.78 is 39.0. The second-order valence-electron chi connectivity index (χ2n) is 4.75. The van der Waals surface area contributed by atoms with Crippen molar-refractivity contribution in [3.8, 4) is 0 Å². The van der Waals surface area contributed by atoms with E-state index in [9.17, 15) is 23.1 Å². The maximum absolute atomic E-state index is 13.2. The fraction of sp³-hybridized carbons (Fsp3) is 0.200. The second kappa shape index (κ2) is 6.57. The van der Waals surface area contributed by atoms with E-state index in [1.165, 1.54) is 19.1 Å². The van der Waals surface area contributed by atoms with Crippen LogP contribution in [0.3, 0.4) is 0 Å². The van der Waals surface area contributed by atoms with Gasteiger partial charge in [0, 0.05) is 17.8 Å². The number of pyridine rings is 1. The fourth-order valence-electron chi connectivity index (χ4n) is 1.90. The van der Waals surface area contributed by atoms with Gasteiger partial charge >= 0.3 is 0 Å². The van der Waals surface area contributed by atoms with Gasteiger partial charge in [-0.05, 0) is 30.7 Å². The van der Waals surface area contributed by atoms with Crippen molar-refractivity contribution in [2.75, 3.05) is 0 Å². The number of rotatable bonds is 4. The molecular formula is C15H13F3N2O2. The Morgan fingerprint density at radius 3 is 2.55 bits per heavy atom. The predicted molar refractivity (Wildman–Crippen MR) is 72.4 cm³/mol. The van der Waals surface area contributed by atoms with Gasteiger partial charge in [-0.15, -0.1) is 0 Å². The summed E-state index contributed by atoms with van der Waals surface area (Å²) in [4.78, 5) is 15.2. The lowest BCUT2D eigenvalue weighted by Gasteiger charge is -2.20. The summed E-state index contributed by atoms with van der Waals surface area (Å²) in [6, 6.07) is 4.43. The van der Waals surface area contributed by atoms with Crippen LogP contribution in [0.5, 0.6) is 0 Å². The maximum Gasteiger partial charge on any atom is 0.251 e. The van der Waals surface area contributed by atoms with E-state index in [1.807, 2.05) is 0 Å². The molecule has 2 N–H and O–H groups in total. The van der Waals surface area contributed by atoms with Gasteiger partial charge in [-0.25, -0.2) is 13.8 Å². The summed E-state index contributed by atoms with van der Waals surface area (Å²) in [6.45, 7) is 1.49. The lowest BCUT2D eigenvalue weighted by Crippen LogP contribution is -2.37. The molecule has 0 radical (unpaired) electrons. The molecule has 4 nitrogen and oxygen atoms in total. The van der Waals surface area contributed by atoms with Crippen molar-refractivity contribution in [1.82, 2.24) is 10.3 Å². The molecule has 0 aliphatic heterocycles. The Balaban J connectivity index is 2.09. The molecule has 22 heavy (non-hydrogen) atoms. The van der Waals surface area contributed by atoms with E-state index in [4.69, 9.17) is 0 Å². The summed E-state index contributed by atoms with van der Waals surface area (Å²) in [7, 11) is 0. The largest absolute Gasteiger partial charge is 0.386 e. The molecule has 1 amide bonds. The molecule has 0 aliphatic carbocycles. The summed E-state index contributed by atoms with van der Waals surface area (Å²) in [5.41, 5.74) is 0.157. The van der Waals surface area contributed by atoms with Gasteiger partial charge in [-0.1, -0.05) is 6.07 Å². The van der Waals surface area contributed by atoms with Gasteiger partial charge in [-0.3, -0.25) is 4.79 Å². The van der Waals surface area contributed by atoms with Crippen molar-refractivity contribution in [2.24, 2.45) is 0 Å². The SMILES string of the molecule is CC(NC(=O)c1ccnc(F)c1)C(O)c1ccc(F)c(F)c1. The highest BCUT2D eigenvalue weighted by molar-refractivity contribution is 5.94. The van der Waals surface area contributed by atoms with Crippen LogP contribution in [0.1, 0.15) is 28.9 Å². The summed E-state index contributed by atoms with van der Waals surface area (Å²) >= 11 is 0. The number of amides is 1. The number of carbonyl (C=O) groups excluding carboxylic acids is 1. The van der Waals surface area contributed by atoms with Crippen LogP contribution in [-0.4, -0.2) is 22.0 Å². The van der Waals surface area contributed by atoms with Crippen LogP contribution < -0.4 is 5.32 Å². The highest BCUT2D eigenvalue weighted by Gasteiger charge is 2.20. The number of aliphatic hydroxyl groups excluding tert-OH is 1. The van der Waals surface area contributed by atoms with Gasteiger partial charge in [0.25, 0.3) is 5.91 Å². The number of aliphatic hydroxyl groups is 1. The van der Waals surface area contributed by atoms with Crippen LogP contribution in [0, 0.1) is 17.6 Å². The molecule has 2 unspecified atom stereocenters. The zero-order chi connectivity index (χ0) is 16.3. The molecule has 116 valence electrons. The van der Waals surface area contributed by atoms with Crippen molar-refractivity contribution >= 4 is 5.91 Å². The van der Waals surface area contributed by atoms with Crippen LogP contribution >= 0.6 is 0 Å². The van der Waals surface area contributed by atoms with Crippen molar-refractivity contribution in [1.29, 1.82) is 0 Å². The van der Waals surface area contributed by atoms with Crippen LogP contribution in [-0.2, 0) is 0 Å². The van der Waals surface area contributed by atoms with Gasteiger partial charge in [0.2, 0.25) is 5.95 Å². The Bertz CT molecular complexity index is 694. The number of carbonyl (C=O) groups is 1. The van der Waals surface area contributed by atoms with E-state index >= 15 is 0 Å². The normalized spacial score (nSPS) is 13.5. The van der Waals surface area contributed by atoms with Gasteiger partial charge in [-0.2, -0.15) is 4.39 Å². The average molecular weight is 310 g/mol. The first-order chi connectivity index (χ1) is 10.4. The first-order valence-electron chi connectivity index (χ1n) is 6.44. The Hall–Kier alpha value is -2.41. The summed E-state index contributed by atoms with van der Waals surface area (Å²) in [6.07, 6.45) is -0.105. The molecule has 2 aromatic rings. The zero-order valence-electron chi connectivity index (χ0n) is 11.6. The highest BCUT2D eigenvalue weighted by atomic mass is 19.2. The molecule has 2 atom stereocenters. The molecule has 1 aromatic carbocycles. The van der Waals surface area contributed by atoms with Crippen molar-refractivity contribution < 1.29 is 23.1 Å². The molecule has 2 rings (SSSR count). The molecular weight excluding hydrogens is 297 g/mol. The summed E-state index contributed by atoms with van der Waals surface area (Å²) in [5, 5.41) is 12.5. The van der Waals surface area contributed by atoms with Crippen LogP contribution in [0.15, 0.2) is 36.5 Å². The maximum atomic E-state index is 13.2. The zero-order valence-corrected chi connectivity index (χ0v) is 11.6. The quantitative estimate of drug-likeness (QED) is 0.852. The molecule has 0 saturated carbocycles. The fourth-order valence-corrected chi connectivity index (χ4v) is 1.90. The van der Waals surface area contributed by atoms with E-state index in [0.717, 1.165) is 24.4 Å². The number of halogens is 3. The predicted octanol–water partition coefficient (Wildman–Crippen LogP) is 2.35. The van der Waals surface area contributed by atoms with Crippen molar-refractivity contribution in [3.63, 3.8) is 0 Å². The van der Waals surface area contributed by atoms with E-state index in [1.54, 1.807) is 0 Å². The minimum absolute atomic E-state index is 0.0387. The molecule has 0 fully saturated rings. The molecule has 0 saturated heterocycles. The van der Waals surface area contributed by atoms with Crippen LogP contribution in [0.25, 0.3) is 0 Å². The number of aromatic nitrogens is 1. The lowest BCUT2D eigenvalue weighted by atomic mass is 10.0. The Kier molecular flexibility index (Phi) is 4.77. The molecule has 0 aliphatic rings. The van der Waals surface area contributed by atoms with Crippen LogP contribution in [0.4, 0.5) is 13.2 Å². The molecule has 7 heteroatoms. The van der Waals surface area contributed by atoms with E-state index < -0.39 is 35.6 Å². The number of nitrogens with one attached hydrogen (secondary N) is 1. The summed E-state index contributed by atoms with van der Waals surface area (Å²) in [5.74, 6) is -3.54. The number of hydrogen-bond donors (Lipinski definition) is 2. The number of nitrogens with zero attached hydrogens (tertiary/aromatic N) is 1. The number of hydrogen-bond acceptors (Lipinski definition) is 3. The molecule has 0 bridgehead atoms. The van der Waals surface area contributed by atoms with Gasteiger partial charge in [0.1, 0.15) is 0 Å². The van der Waals surface area contributed by atoms with Crippen LogP contribution in [0.2, 0.25) is 0 Å². The molecule has 1 aromatic heterocycles. The topological polar surface area (TPSA) is 62.2 Å². The van der Waals surface area contributed by atoms with E-state index in [-0.39, 0.29) is 11.1 Å². The minimum atomic E-state index is -1.24. The van der Waals surface area contributed by atoms with Crippen molar-refractivity contribution in [2.45, 2.75) is 19.1 Å².